The van der Waals surface area contributed by atoms with Gasteiger partial charge in [0.1, 0.15) is 5.03 Å². The first-order valence-electron chi connectivity index (χ1n) is 6.81. The van der Waals surface area contributed by atoms with Crippen LogP contribution in [0.1, 0.15) is 10.4 Å². The number of carboxylic acids is 1. The molecule has 116 valence electrons. The third-order valence-electron chi connectivity index (χ3n) is 3.18. The van der Waals surface area contributed by atoms with Crippen molar-refractivity contribution in [2.75, 3.05) is 11.1 Å². The fraction of sp³-hybridized carbons (Fsp3) is 0.0625. The SMILES string of the molecule is O=C(CSc1ncccc1C(=O)O)Nc1ccc2cc[nH]c2c1. The predicted molar refractivity (Wildman–Crippen MR) is 88.8 cm³/mol. The zero-order chi connectivity index (χ0) is 16.2. The van der Waals surface area contributed by atoms with Crippen LogP contribution in [0.5, 0.6) is 0 Å². The zero-order valence-electron chi connectivity index (χ0n) is 11.9. The molecule has 0 spiro atoms. The molecule has 3 rings (SSSR count). The summed E-state index contributed by atoms with van der Waals surface area (Å²) in [6.45, 7) is 0. The van der Waals surface area contributed by atoms with Crippen LogP contribution in [0.3, 0.4) is 0 Å². The molecule has 0 atom stereocenters. The van der Waals surface area contributed by atoms with Crippen molar-refractivity contribution in [2.24, 2.45) is 0 Å². The van der Waals surface area contributed by atoms with Crippen molar-refractivity contribution in [3.63, 3.8) is 0 Å². The number of amides is 1. The Balaban J connectivity index is 1.64. The van der Waals surface area contributed by atoms with Crippen LogP contribution in [-0.2, 0) is 4.79 Å². The van der Waals surface area contributed by atoms with Crippen molar-refractivity contribution < 1.29 is 14.7 Å². The van der Waals surface area contributed by atoms with Crippen LogP contribution in [0.2, 0.25) is 0 Å². The molecule has 0 aliphatic rings. The van der Waals surface area contributed by atoms with Crippen LogP contribution in [0.4, 0.5) is 5.69 Å². The monoisotopic (exact) mass is 327 g/mol. The van der Waals surface area contributed by atoms with E-state index in [0.29, 0.717) is 10.7 Å². The average Bonchev–Trinajstić information content (AvgIpc) is 3.00. The van der Waals surface area contributed by atoms with Crippen molar-refractivity contribution >= 4 is 40.2 Å². The number of thioether (sulfide) groups is 1. The van der Waals surface area contributed by atoms with Crippen molar-refractivity contribution in [1.82, 2.24) is 9.97 Å². The Morgan fingerprint density at radius 2 is 2.13 bits per heavy atom. The number of fused-ring (bicyclic) bond motifs is 1. The largest absolute Gasteiger partial charge is 0.478 e. The molecule has 0 radical (unpaired) electrons. The van der Waals surface area contributed by atoms with E-state index >= 15 is 0 Å². The van der Waals surface area contributed by atoms with Gasteiger partial charge in [0, 0.05) is 23.6 Å². The number of pyridine rings is 1. The van der Waals surface area contributed by atoms with Crippen molar-refractivity contribution in [1.29, 1.82) is 0 Å². The summed E-state index contributed by atoms with van der Waals surface area (Å²) in [5, 5.41) is 13.3. The quantitative estimate of drug-likeness (QED) is 0.626. The molecule has 1 aromatic carbocycles. The third-order valence-corrected chi connectivity index (χ3v) is 4.19. The molecule has 0 unspecified atom stereocenters. The molecule has 6 nitrogen and oxygen atoms in total. The van der Waals surface area contributed by atoms with Crippen molar-refractivity contribution in [3.05, 3.63) is 54.4 Å². The van der Waals surface area contributed by atoms with Gasteiger partial charge < -0.3 is 15.4 Å². The number of nitrogens with one attached hydrogen (secondary N) is 2. The minimum atomic E-state index is -1.06. The van der Waals surface area contributed by atoms with Gasteiger partial charge in [-0.05, 0) is 35.7 Å². The summed E-state index contributed by atoms with van der Waals surface area (Å²) in [7, 11) is 0. The molecule has 7 heteroatoms. The molecule has 2 heterocycles. The summed E-state index contributed by atoms with van der Waals surface area (Å²) in [5.74, 6) is -1.19. The second-order valence-electron chi connectivity index (χ2n) is 4.78. The highest BCUT2D eigenvalue weighted by atomic mass is 32.2. The number of nitrogens with zero attached hydrogens (tertiary/aromatic N) is 1. The van der Waals surface area contributed by atoms with E-state index < -0.39 is 5.97 Å². The molecule has 0 fully saturated rings. The smallest absolute Gasteiger partial charge is 0.338 e. The molecular weight excluding hydrogens is 314 g/mol. The molecular formula is C16H13N3O3S. The fourth-order valence-electron chi connectivity index (χ4n) is 2.13. The first kappa shape index (κ1) is 15.1. The van der Waals surface area contributed by atoms with Crippen LogP contribution >= 0.6 is 11.8 Å². The van der Waals surface area contributed by atoms with Crippen LogP contribution < -0.4 is 5.32 Å². The topological polar surface area (TPSA) is 95.1 Å². The van der Waals surface area contributed by atoms with Crippen molar-refractivity contribution in [3.8, 4) is 0 Å². The van der Waals surface area contributed by atoms with E-state index in [1.165, 1.54) is 12.3 Å². The van der Waals surface area contributed by atoms with Crippen LogP contribution in [0, 0.1) is 0 Å². The fourth-order valence-corrected chi connectivity index (χ4v) is 2.91. The highest BCUT2D eigenvalue weighted by molar-refractivity contribution is 8.00. The van der Waals surface area contributed by atoms with E-state index in [2.05, 4.69) is 15.3 Å². The number of carboxylic acid groups (broad SMARTS) is 1. The van der Waals surface area contributed by atoms with Crippen molar-refractivity contribution in [2.45, 2.75) is 5.03 Å². The van der Waals surface area contributed by atoms with E-state index in [4.69, 9.17) is 5.11 Å². The molecule has 23 heavy (non-hydrogen) atoms. The van der Waals surface area contributed by atoms with E-state index in [-0.39, 0.29) is 17.2 Å². The Kier molecular flexibility index (Phi) is 4.29. The first-order valence-corrected chi connectivity index (χ1v) is 7.80. The van der Waals surface area contributed by atoms with Gasteiger partial charge in [0.15, 0.2) is 0 Å². The van der Waals surface area contributed by atoms with Gasteiger partial charge in [-0.15, -0.1) is 0 Å². The van der Waals surface area contributed by atoms with Gasteiger partial charge in [-0.1, -0.05) is 17.8 Å². The van der Waals surface area contributed by atoms with E-state index in [1.54, 1.807) is 6.07 Å². The number of anilines is 1. The van der Waals surface area contributed by atoms with Gasteiger partial charge in [0.05, 0.1) is 11.3 Å². The maximum atomic E-state index is 12.0. The van der Waals surface area contributed by atoms with Gasteiger partial charge in [0.25, 0.3) is 0 Å². The summed E-state index contributed by atoms with van der Waals surface area (Å²) >= 11 is 1.10. The number of H-pyrrole nitrogens is 1. The Hall–Kier alpha value is -2.80. The average molecular weight is 327 g/mol. The number of hydrogen-bond acceptors (Lipinski definition) is 4. The molecule has 3 aromatic rings. The van der Waals surface area contributed by atoms with Crippen LogP contribution in [0.25, 0.3) is 10.9 Å². The number of carbonyl (C=O) groups excluding carboxylic acids is 1. The second-order valence-corrected chi connectivity index (χ2v) is 5.74. The maximum Gasteiger partial charge on any atom is 0.338 e. The van der Waals surface area contributed by atoms with Crippen LogP contribution in [-0.4, -0.2) is 32.7 Å². The lowest BCUT2D eigenvalue weighted by molar-refractivity contribution is -0.113. The molecule has 0 bridgehead atoms. The van der Waals surface area contributed by atoms with Gasteiger partial charge in [-0.3, -0.25) is 4.79 Å². The number of hydrogen-bond donors (Lipinski definition) is 3. The maximum absolute atomic E-state index is 12.0. The van der Waals surface area contributed by atoms with E-state index in [9.17, 15) is 9.59 Å². The molecule has 3 N–H and O–H groups in total. The number of aromatic nitrogens is 2. The molecule has 0 aliphatic heterocycles. The number of aromatic amines is 1. The lowest BCUT2D eigenvalue weighted by Crippen LogP contribution is -2.14. The van der Waals surface area contributed by atoms with E-state index in [0.717, 1.165) is 22.7 Å². The minimum Gasteiger partial charge on any atom is -0.478 e. The van der Waals surface area contributed by atoms with Gasteiger partial charge in [-0.25, -0.2) is 9.78 Å². The standard InChI is InChI=1S/C16H13N3O3S/c20-14(9-23-15-12(16(21)22)2-1-6-18-15)19-11-4-3-10-5-7-17-13(10)8-11/h1-8,17H,9H2,(H,19,20)(H,21,22). The minimum absolute atomic E-state index is 0.0834. The predicted octanol–water partition coefficient (Wildman–Crippen LogP) is 2.99. The number of carbonyl (C=O) groups is 2. The van der Waals surface area contributed by atoms with Gasteiger partial charge in [-0.2, -0.15) is 0 Å². The number of aromatic carboxylic acids is 1. The summed E-state index contributed by atoms with van der Waals surface area (Å²) < 4.78 is 0. The molecule has 0 aliphatic carbocycles. The zero-order valence-corrected chi connectivity index (χ0v) is 12.8. The molecule has 2 aromatic heterocycles. The summed E-state index contributed by atoms with van der Waals surface area (Å²) in [6.07, 6.45) is 3.34. The van der Waals surface area contributed by atoms with E-state index in [1.807, 2.05) is 30.5 Å². The lowest BCUT2D eigenvalue weighted by atomic mass is 10.2. The summed E-state index contributed by atoms with van der Waals surface area (Å²) in [4.78, 5) is 30.2. The van der Waals surface area contributed by atoms with Gasteiger partial charge in [0.2, 0.25) is 5.91 Å². The Morgan fingerprint density at radius 1 is 1.26 bits per heavy atom. The van der Waals surface area contributed by atoms with Crippen LogP contribution in [0.15, 0.2) is 53.8 Å². The number of rotatable bonds is 5. The summed E-state index contributed by atoms with van der Waals surface area (Å²) in [5.41, 5.74) is 1.72. The normalized spacial score (nSPS) is 10.6. The second kappa shape index (κ2) is 6.53. The molecule has 0 saturated carbocycles. The highest BCUT2D eigenvalue weighted by Gasteiger charge is 2.13. The Bertz CT molecular complexity index is 876. The lowest BCUT2D eigenvalue weighted by Gasteiger charge is -2.06. The first-order chi connectivity index (χ1) is 11.1. The Labute approximate surface area is 135 Å². The highest BCUT2D eigenvalue weighted by Crippen LogP contribution is 2.21. The van der Waals surface area contributed by atoms with Gasteiger partial charge >= 0.3 is 5.97 Å². The molecule has 0 saturated heterocycles. The summed E-state index contributed by atoms with van der Waals surface area (Å²) in [6, 6.07) is 10.6. The third kappa shape index (κ3) is 3.51. The Morgan fingerprint density at radius 3 is 2.96 bits per heavy atom. The molecule has 1 amide bonds. The number of benzene rings is 1.